The summed E-state index contributed by atoms with van der Waals surface area (Å²) in [6.45, 7) is 2.43. The molecule has 0 radical (unpaired) electrons. The predicted molar refractivity (Wildman–Crippen MR) is 61.5 cm³/mol. The molecule has 94 valence electrons. The summed E-state index contributed by atoms with van der Waals surface area (Å²) in [6.07, 6.45) is 0.891. The molecule has 17 heavy (non-hydrogen) atoms. The first kappa shape index (κ1) is 12.9. The van der Waals surface area contributed by atoms with Crippen molar-refractivity contribution in [3.05, 3.63) is 35.1 Å². The number of rotatable bonds is 2. The molecule has 0 N–H and O–H groups in total. The Labute approximate surface area is 106 Å². The molecule has 0 aromatic heterocycles. The summed E-state index contributed by atoms with van der Waals surface area (Å²) < 4.78 is 44.8. The van der Waals surface area contributed by atoms with E-state index in [0.29, 0.717) is 12.7 Å². The molecule has 0 saturated carbocycles. The fourth-order valence-corrected chi connectivity index (χ4v) is 2.78. The number of hydrogen-bond donors (Lipinski definition) is 0. The minimum Gasteiger partial charge on any atom is -0.378 e. The van der Waals surface area contributed by atoms with Gasteiger partial charge in [-0.2, -0.15) is 0 Å². The highest BCUT2D eigenvalue weighted by molar-refractivity contribution is 9.09. The van der Waals surface area contributed by atoms with Gasteiger partial charge in [-0.25, -0.2) is 13.2 Å². The van der Waals surface area contributed by atoms with Crippen molar-refractivity contribution in [2.75, 3.05) is 6.61 Å². The van der Waals surface area contributed by atoms with Crippen molar-refractivity contribution >= 4 is 15.9 Å². The number of ether oxygens (including phenoxy) is 1. The van der Waals surface area contributed by atoms with E-state index in [-0.39, 0.29) is 22.4 Å². The van der Waals surface area contributed by atoms with Crippen molar-refractivity contribution < 1.29 is 17.9 Å². The van der Waals surface area contributed by atoms with Crippen LogP contribution in [-0.2, 0) is 4.74 Å². The molecule has 1 aromatic carbocycles. The average Bonchev–Trinajstić information content (AvgIpc) is 2.69. The van der Waals surface area contributed by atoms with Crippen LogP contribution in [0.15, 0.2) is 12.1 Å². The van der Waals surface area contributed by atoms with E-state index in [2.05, 4.69) is 15.9 Å². The van der Waals surface area contributed by atoms with Gasteiger partial charge >= 0.3 is 0 Å². The third-order valence-electron chi connectivity index (χ3n) is 2.98. The molecule has 0 bridgehead atoms. The lowest BCUT2D eigenvalue weighted by atomic mass is 9.96. The van der Waals surface area contributed by atoms with E-state index in [1.165, 1.54) is 0 Å². The van der Waals surface area contributed by atoms with Gasteiger partial charge in [-0.15, -0.1) is 0 Å². The summed E-state index contributed by atoms with van der Waals surface area (Å²) in [6, 6.07) is 1.49. The third-order valence-corrected chi connectivity index (χ3v) is 4.22. The molecule has 3 atom stereocenters. The minimum atomic E-state index is -1.16. The van der Waals surface area contributed by atoms with Crippen LogP contribution in [0.2, 0.25) is 0 Å². The molecule has 1 heterocycles. The predicted octanol–water partition coefficient (Wildman–Crippen LogP) is 3.96. The van der Waals surface area contributed by atoms with E-state index in [4.69, 9.17) is 4.74 Å². The van der Waals surface area contributed by atoms with Crippen LogP contribution in [-0.4, -0.2) is 12.7 Å². The zero-order chi connectivity index (χ0) is 12.6. The van der Waals surface area contributed by atoms with Gasteiger partial charge in [-0.05, 0) is 19.4 Å². The summed E-state index contributed by atoms with van der Waals surface area (Å²) in [4.78, 5) is -0.359. The van der Waals surface area contributed by atoms with Gasteiger partial charge in [0, 0.05) is 22.4 Å². The van der Waals surface area contributed by atoms with Crippen molar-refractivity contribution in [3.63, 3.8) is 0 Å². The van der Waals surface area contributed by atoms with E-state index >= 15 is 0 Å². The van der Waals surface area contributed by atoms with Gasteiger partial charge in [-0.3, -0.25) is 0 Å². The summed E-state index contributed by atoms with van der Waals surface area (Å²) in [5.74, 6) is -2.85. The fourth-order valence-electron chi connectivity index (χ4n) is 2.06. The van der Waals surface area contributed by atoms with Crippen LogP contribution in [0.4, 0.5) is 13.2 Å². The molecule has 1 nitrogen and oxygen atoms in total. The number of halogens is 4. The molecular weight excluding hydrogens is 297 g/mol. The Bertz CT molecular complexity index is 424. The van der Waals surface area contributed by atoms with Crippen LogP contribution >= 0.6 is 15.9 Å². The smallest absolute Gasteiger partial charge is 0.161 e. The van der Waals surface area contributed by atoms with Crippen molar-refractivity contribution in [1.29, 1.82) is 0 Å². The molecule has 1 saturated heterocycles. The van der Waals surface area contributed by atoms with Crippen LogP contribution < -0.4 is 0 Å². The summed E-state index contributed by atoms with van der Waals surface area (Å²) >= 11 is 3.34. The molecule has 1 aromatic rings. The van der Waals surface area contributed by atoms with Gasteiger partial charge in [0.05, 0.1) is 12.7 Å². The Balaban J connectivity index is 2.24. The van der Waals surface area contributed by atoms with Gasteiger partial charge in [0.25, 0.3) is 0 Å². The molecule has 3 unspecified atom stereocenters. The van der Waals surface area contributed by atoms with Gasteiger partial charge in [0.2, 0.25) is 0 Å². The van der Waals surface area contributed by atoms with Crippen molar-refractivity contribution in [2.24, 2.45) is 5.92 Å². The quantitative estimate of drug-likeness (QED) is 0.593. The van der Waals surface area contributed by atoms with Crippen molar-refractivity contribution in [3.8, 4) is 0 Å². The second kappa shape index (κ2) is 4.98. The van der Waals surface area contributed by atoms with Crippen molar-refractivity contribution in [2.45, 2.75) is 24.3 Å². The highest BCUT2D eigenvalue weighted by Crippen LogP contribution is 2.39. The maximum atomic E-state index is 13.6. The van der Waals surface area contributed by atoms with Crippen LogP contribution in [0, 0.1) is 23.4 Å². The molecule has 5 heteroatoms. The maximum Gasteiger partial charge on any atom is 0.161 e. The van der Waals surface area contributed by atoms with Crippen molar-refractivity contribution in [1.82, 2.24) is 0 Å². The van der Waals surface area contributed by atoms with E-state index in [1.54, 1.807) is 0 Å². The Morgan fingerprint density at radius 1 is 1.24 bits per heavy atom. The Kier molecular flexibility index (Phi) is 3.78. The van der Waals surface area contributed by atoms with E-state index in [0.717, 1.165) is 12.5 Å². The highest BCUT2D eigenvalue weighted by Gasteiger charge is 2.31. The highest BCUT2D eigenvalue weighted by atomic mass is 79.9. The molecule has 0 spiro atoms. The number of hydrogen-bond acceptors (Lipinski definition) is 1. The number of benzene rings is 1. The molecule has 0 aliphatic carbocycles. The van der Waals surface area contributed by atoms with Crippen LogP contribution in [0.25, 0.3) is 0 Å². The van der Waals surface area contributed by atoms with E-state index in [9.17, 15) is 13.2 Å². The maximum absolute atomic E-state index is 13.6. The molecule has 1 aliphatic rings. The lowest BCUT2D eigenvalue weighted by Crippen LogP contribution is -2.10. The van der Waals surface area contributed by atoms with Crippen LogP contribution in [0.5, 0.6) is 0 Å². The summed E-state index contributed by atoms with van der Waals surface area (Å²) in [5, 5.41) is 0. The molecule has 1 aliphatic heterocycles. The summed E-state index contributed by atoms with van der Waals surface area (Å²) in [5.41, 5.74) is 0.145. The lowest BCUT2D eigenvalue weighted by Gasteiger charge is -2.17. The standard InChI is InChI=1S/C12H12BrF3O/c1-6-2-7(5-17-6)12(13)8-3-10(15)11(16)4-9(8)14/h3-4,6-7,12H,2,5H2,1H3. The first-order chi connectivity index (χ1) is 7.99. The molecule has 2 rings (SSSR count). The zero-order valence-electron chi connectivity index (χ0n) is 9.22. The fraction of sp³-hybridized carbons (Fsp3) is 0.500. The topological polar surface area (TPSA) is 9.23 Å². The Morgan fingerprint density at radius 2 is 1.88 bits per heavy atom. The lowest BCUT2D eigenvalue weighted by molar-refractivity contribution is 0.120. The van der Waals surface area contributed by atoms with E-state index in [1.807, 2.05) is 6.92 Å². The Hall–Kier alpha value is -0.550. The first-order valence-corrected chi connectivity index (χ1v) is 6.30. The minimum absolute atomic E-state index is 0.0735. The number of alkyl halides is 1. The van der Waals surface area contributed by atoms with Gasteiger partial charge in [0.15, 0.2) is 11.6 Å². The van der Waals surface area contributed by atoms with Crippen LogP contribution in [0.3, 0.4) is 0 Å². The van der Waals surface area contributed by atoms with Crippen LogP contribution in [0.1, 0.15) is 23.7 Å². The van der Waals surface area contributed by atoms with E-state index < -0.39 is 17.5 Å². The van der Waals surface area contributed by atoms with Gasteiger partial charge < -0.3 is 4.74 Å². The average molecular weight is 309 g/mol. The second-order valence-electron chi connectivity index (χ2n) is 4.33. The Morgan fingerprint density at radius 3 is 2.47 bits per heavy atom. The van der Waals surface area contributed by atoms with Gasteiger partial charge in [0.1, 0.15) is 5.82 Å². The monoisotopic (exact) mass is 308 g/mol. The SMILES string of the molecule is CC1CC(C(Br)c2cc(F)c(F)cc2F)CO1. The first-order valence-electron chi connectivity index (χ1n) is 5.39. The van der Waals surface area contributed by atoms with Gasteiger partial charge in [-0.1, -0.05) is 15.9 Å². The molecule has 0 amide bonds. The zero-order valence-corrected chi connectivity index (χ0v) is 10.8. The molecular formula is C12H12BrF3O. The molecule has 1 fully saturated rings. The summed E-state index contributed by atoms with van der Waals surface area (Å²) in [7, 11) is 0. The second-order valence-corrected chi connectivity index (χ2v) is 5.32. The largest absolute Gasteiger partial charge is 0.378 e. The third kappa shape index (κ3) is 2.65. The normalized spacial score (nSPS) is 26.2.